The minimum Gasteiger partial charge on any atom is -0.476 e. The van der Waals surface area contributed by atoms with Crippen molar-refractivity contribution in [2.24, 2.45) is 0 Å². The van der Waals surface area contributed by atoms with Crippen LogP contribution in [0.2, 0.25) is 0 Å². The van der Waals surface area contributed by atoms with E-state index in [2.05, 4.69) is 39.1 Å². The van der Waals surface area contributed by atoms with Crippen molar-refractivity contribution in [3.63, 3.8) is 0 Å². The molecular formula is C16H17N3O2. The molecule has 0 aliphatic carbocycles. The third-order valence-corrected chi connectivity index (χ3v) is 3.84. The summed E-state index contributed by atoms with van der Waals surface area (Å²) >= 11 is 0. The molecule has 5 heteroatoms. The van der Waals surface area contributed by atoms with Crippen molar-refractivity contribution in [2.75, 3.05) is 11.4 Å². The summed E-state index contributed by atoms with van der Waals surface area (Å²) in [6.07, 6.45) is 6.11. The normalized spacial score (nSPS) is 17.9. The van der Waals surface area contributed by atoms with Gasteiger partial charge in [-0.15, -0.1) is 0 Å². The van der Waals surface area contributed by atoms with Crippen LogP contribution >= 0.6 is 0 Å². The molecule has 108 valence electrons. The lowest BCUT2D eigenvalue weighted by Gasteiger charge is -2.25. The topological polar surface area (TPSA) is 66.3 Å². The fourth-order valence-corrected chi connectivity index (χ4v) is 2.82. The van der Waals surface area contributed by atoms with Crippen molar-refractivity contribution in [3.8, 4) is 0 Å². The Hall–Kier alpha value is -2.43. The summed E-state index contributed by atoms with van der Waals surface area (Å²) < 4.78 is 0. The zero-order valence-corrected chi connectivity index (χ0v) is 11.6. The van der Waals surface area contributed by atoms with Gasteiger partial charge in [0, 0.05) is 12.6 Å². The number of nitrogens with zero attached hydrogens (tertiary/aromatic N) is 3. The number of carbonyl (C=O) groups is 1. The number of benzene rings is 1. The number of anilines is 1. The highest BCUT2D eigenvalue weighted by atomic mass is 16.4. The van der Waals surface area contributed by atoms with Gasteiger partial charge in [0.2, 0.25) is 0 Å². The molecule has 1 aliphatic heterocycles. The van der Waals surface area contributed by atoms with Gasteiger partial charge in [0.15, 0.2) is 5.69 Å². The molecule has 1 unspecified atom stereocenters. The maximum absolute atomic E-state index is 10.8. The Morgan fingerprint density at radius 1 is 1.24 bits per heavy atom. The molecule has 3 rings (SSSR count). The zero-order chi connectivity index (χ0) is 14.7. The molecule has 0 spiro atoms. The van der Waals surface area contributed by atoms with Crippen LogP contribution in [0, 0.1) is 0 Å². The highest BCUT2D eigenvalue weighted by molar-refractivity contribution is 5.84. The van der Waals surface area contributed by atoms with Gasteiger partial charge in [-0.05, 0) is 24.8 Å². The Bertz CT molecular complexity index is 613. The predicted octanol–water partition coefficient (Wildman–Crippen LogP) is 2.39. The minimum atomic E-state index is -1.05. The molecule has 0 bridgehead atoms. The number of hydrogen-bond acceptors (Lipinski definition) is 4. The molecule has 21 heavy (non-hydrogen) atoms. The summed E-state index contributed by atoms with van der Waals surface area (Å²) in [4.78, 5) is 21.3. The van der Waals surface area contributed by atoms with E-state index in [1.807, 2.05) is 6.07 Å². The molecule has 1 aromatic carbocycles. The molecule has 1 fully saturated rings. The Labute approximate surface area is 123 Å². The fourth-order valence-electron chi connectivity index (χ4n) is 2.82. The maximum atomic E-state index is 10.8. The maximum Gasteiger partial charge on any atom is 0.356 e. The summed E-state index contributed by atoms with van der Waals surface area (Å²) in [6, 6.07) is 10.8. The van der Waals surface area contributed by atoms with Crippen molar-refractivity contribution < 1.29 is 9.90 Å². The lowest BCUT2D eigenvalue weighted by atomic mass is 10.0. The number of carboxylic acids is 1. The number of aromatic carboxylic acids is 1. The lowest BCUT2D eigenvalue weighted by Crippen LogP contribution is -2.31. The van der Waals surface area contributed by atoms with Crippen LogP contribution in [0.3, 0.4) is 0 Å². The van der Waals surface area contributed by atoms with Crippen LogP contribution < -0.4 is 4.90 Å². The van der Waals surface area contributed by atoms with Gasteiger partial charge >= 0.3 is 5.97 Å². The Morgan fingerprint density at radius 3 is 2.71 bits per heavy atom. The van der Waals surface area contributed by atoms with Crippen LogP contribution in [0.15, 0.2) is 42.7 Å². The molecule has 1 atom stereocenters. The zero-order valence-electron chi connectivity index (χ0n) is 11.6. The predicted molar refractivity (Wildman–Crippen MR) is 79.5 cm³/mol. The van der Waals surface area contributed by atoms with E-state index in [-0.39, 0.29) is 5.69 Å². The third-order valence-electron chi connectivity index (χ3n) is 3.84. The second-order valence-electron chi connectivity index (χ2n) is 5.24. The number of hydrogen-bond donors (Lipinski definition) is 1. The first kappa shape index (κ1) is 13.5. The van der Waals surface area contributed by atoms with Crippen molar-refractivity contribution in [3.05, 3.63) is 54.0 Å². The monoisotopic (exact) mass is 283 g/mol. The molecular weight excluding hydrogens is 266 g/mol. The van der Waals surface area contributed by atoms with Crippen molar-refractivity contribution in [1.82, 2.24) is 9.97 Å². The molecule has 0 amide bonds. The molecule has 0 saturated carbocycles. The standard InChI is InChI=1S/C16H17N3O2/c20-16(21)14-10-18-15(11-17-14)19-8-4-7-13(19)9-12-5-2-1-3-6-12/h1-3,5-6,10-11,13H,4,7-9H2,(H,20,21). The van der Waals surface area contributed by atoms with E-state index in [0.717, 1.165) is 31.6 Å². The minimum absolute atomic E-state index is 0.0162. The quantitative estimate of drug-likeness (QED) is 0.933. The average molecular weight is 283 g/mol. The molecule has 1 aromatic heterocycles. The third kappa shape index (κ3) is 3.02. The van der Waals surface area contributed by atoms with Crippen molar-refractivity contribution in [2.45, 2.75) is 25.3 Å². The first-order chi connectivity index (χ1) is 10.2. The number of aromatic nitrogens is 2. The van der Waals surface area contributed by atoms with Gasteiger partial charge in [0.1, 0.15) is 5.82 Å². The van der Waals surface area contributed by atoms with Gasteiger partial charge in [-0.3, -0.25) is 0 Å². The summed E-state index contributed by atoms with van der Waals surface area (Å²) in [5.74, 6) is -0.283. The molecule has 1 N–H and O–H groups in total. The van der Waals surface area contributed by atoms with E-state index in [4.69, 9.17) is 5.11 Å². The number of rotatable bonds is 4. The van der Waals surface area contributed by atoms with E-state index < -0.39 is 5.97 Å². The highest BCUT2D eigenvalue weighted by Gasteiger charge is 2.26. The number of carboxylic acid groups (broad SMARTS) is 1. The van der Waals surface area contributed by atoms with Crippen LogP contribution in [0.1, 0.15) is 28.9 Å². The fraction of sp³-hybridized carbons (Fsp3) is 0.312. The SMILES string of the molecule is O=C(O)c1cnc(N2CCCC2Cc2ccccc2)cn1. The Morgan fingerprint density at radius 2 is 2.05 bits per heavy atom. The van der Waals surface area contributed by atoms with Crippen molar-refractivity contribution >= 4 is 11.8 Å². The Balaban J connectivity index is 1.76. The van der Waals surface area contributed by atoms with E-state index in [0.29, 0.717) is 6.04 Å². The van der Waals surface area contributed by atoms with Crippen LogP contribution in [0.4, 0.5) is 5.82 Å². The van der Waals surface area contributed by atoms with Crippen LogP contribution in [-0.2, 0) is 6.42 Å². The van der Waals surface area contributed by atoms with Crippen LogP contribution in [0.25, 0.3) is 0 Å². The van der Waals surface area contributed by atoms with Gasteiger partial charge in [-0.25, -0.2) is 14.8 Å². The van der Waals surface area contributed by atoms with E-state index in [1.54, 1.807) is 6.20 Å². The lowest BCUT2D eigenvalue weighted by molar-refractivity contribution is 0.0690. The summed E-state index contributed by atoms with van der Waals surface area (Å²) in [5.41, 5.74) is 1.29. The van der Waals surface area contributed by atoms with E-state index in [9.17, 15) is 4.79 Å². The van der Waals surface area contributed by atoms with Crippen LogP contribution in [0.5, 0.6) is 0 Å². The van der Waals surface area contributed by atoms with Gasteiger partial charge in [0.25, 0.3) is 0 Å². The molecule has 1 saturated heterocycles. The van der Waals surface area contributed by atoms with E-state index >= 15 is 0 Å². The highest BCUT2D eigenvalue weighted by Crippen LogP contribution is 2.25. The van der Waals surface area contributed by atoms with Crippen LogP contribution in [-0.4, -0.2) is 33.6 Å². The second-order valence-corrected chi connectivity index (χ2v) is 5.24. The van der Waals surface area contributed by atoms with Gasteiger partial charge in [-0.2, -0.15) is 0 Å². The average Bonchev–Trinajstić information content (AvgIpc) is 2.96. The molecule has 1 aliphatic rings. The van der Waals surface area contributed by atoms with E-state index in [1.165, 1.54) is 11.8 Å². The van der Waals surface area contributed by atoms with Gasteiger partial charge in [-0.1, -0.05) is 30.3 Å². The second kappa shape index (κ2) is 5.91. The summed E-state index contributed by atoms with van der Waals surface area (Å²) in [5, 5.41) is 8.87. The smallest absolute Gasteiger partial charge is 0.356 e. The Kier molecular flexibility index (Phi) is 3.81. The molecule has 2 aromatic rings. The molecule has 0 radical (unpaired) electrons. The van der Waals surface area contributed by atoms with Crippen molar-refractivity contribution in [1.29, 1.82) is 0 Å². The molecule has 2 heterocycles. The first-order valence-electron chi connectivity index (χ1n) is 7.10. The molecule has 5 nitrogen and oxygen atoms in total. The van der Waals surface area contributed by atoms with Gasteiger partial charge < -0.3 is 10.0 Å². The van der Waals surface area contributed by atoms with Gasteiger partial charge in [0.05, 0.1) is 12.4 Å². The summed E-state index contributed by atoms with van der Waals surface area (Å²) in [7, 11) is 0. The largest absolute Gasteiger partial charge is 0.476 e. The summed E-state index contributed by atoms with van der Waals surface area (Å²) in [6.45, 7) is 0.943. The first-order valence-corrected chi connectivity index (χ1v) is 7.10.